The molecule has 5 rings (SSSR count). The number of nitrogens with zero attached hydrogens (tertiary/aromatic N) is 2. The summed E-state index contributed by atoms with van der Waals surface area (Å²) in [7, 11) is 1.59. The Bertz CT molecular complexity index is 1410. The van der Waals surface area contributed by atoms with Crippen LogP contribution in [0.2, 0.25) is 0 Å². The smallest absolute Gasteiger partial charge is 0.137 e. The van der Waals surface area contributed by atoms with E-state index in [4.69, 9.17) is 4.74 Å². The first-order valence-corrected chi connectivity index (χ1v) is 9.32. The minimum atomic E-state index is 0.525. The van der Waals surface area contributed by atoms with Crippen molar-refractivity contribution in [1.82, 2.24) is 9.97 Å². The highest BCUT2D eigenvalue weighted by atomic mass is 16.5. The van der Waals surface area contributed by atoms with Gasteiger partial charge in [-0.05, 0) is 57.3 Å². The Morgan fingerprint density at radius 1 is 0.931 bits per heavy atom. The van der Waals surface area contributed by atoms with Gasteiger partial charge in [0.25, 0.3) is 0 Å². The molecule has 29 heavy (non-hydrogen) atoms. The molecular formula is C25H17N3O. The van der Waals surface area contributed by atoms with Crippen molar-refractivity contribution in [2.75, 3.05) is 7.11 Å². The molecule has 138 valence electrons. The van der Waals surface area contributed by atoms with Crippen LogP contribution in [0.5, 0.6) is 5.75 Å². The van der Waals surface area contributed by atoms with Crippen LogP contribution in [0.15, 0.2) is 79.1 Å². The molecule has 0 saturated carbocycles. The number of hydrogen-bond acceptors (Lipinski definition) is 3. The Balaban J connectivity index is 1.83. The standard InChI is InChI=1S/C25H17N3O/c1-29-24-13-17(6-7-19(24)14-26)21-10-8-16-4-2-3-5-20(16)25(21)18-9-11-22-23(12-18)28-15-27-22/h2-13,15H,1H3,(H,27,28). The van der Waals surface area contributed by atoms with Crippen LogP contribution in [0.4, 0.5) is 0 Å². The molecule has 0 saturated heterocycles. The summed E-state index contributed by atoms with van der Waals surface area (Å²) < 4.78 is 5.44. The van der Waals surface area contributed by atoms with E-state index in [1.807, 2.05) is 24.3 Å². The molecule has 0 radical (unpaired) electrons. The second-order valence-corrected chi connectivity index (χ2v) is 6.87. The maximum Gasteiger partial charge on any atom is 0.137 e. The highest BCUT2D eigenvalue weighted by molar-refractivity contribution is 6.05. The molecule has 0 spiro atoms. The minimum absolute atomic E-state index is 0.525. The molecular weight excluding hydrogens is 358 g/mol. The zero-order chi connectivity index (χ0) is 19.8. The summed E-state index contributed by atoms with van der Waals surface area (Å²) in [5, 5.41) is 11.7. The summed E-state index contributed by atoms with van der Waals surface area (Å²) >= 11 is 0. The number of nitrogens with one attached hydrogen (secondary N) is 1. The van der Waals surface area contributed by atoms with Gasteiger partial charge in [0.15, 0.2) is 0 Å². The number of methoxy groups -OCH3 is 1. The molecule has 4 aromatic carbocycles. The number of nitriles is 1. The largest absolute Gasteiger partial charge is 0.495 e. The summed E-state index contributed by atoms with van der Waals surface area (Å²) in [5.41, 5.74) is 6.79. The summed E-state index contributed by atoms with van der Waals surface area (Å²) in [5.74, 6) is 0.576. The molecule has 0 aliphatic rings. The molecule has 4 nitrogen and oxygen atoms in total. The van der Waals surface area contributed by atoms with Crippen LogP contribution in [0, 0.1) is 11.3 Å². The average molecular weight is 375 g/mol. The van der Waals surface area contributed by atoms with Crippen LogP contribution >= 0.6 is 0 Å². The molecule has 0 atom stereocenters. The van der Waals surface area contributed by atoms with Crippen molar-refractivity contribution in [2.45, 2.75) is 0 Å². The molecule has 0 bridgehead atoms. The lowest BCUT2D eigenvalue weighted by molar-refractivity contribution is 0.413. The van der Waals surface area contributed by atoms with Crippen molar-refractivity contribution >= 4 is 21.8 Å². The Labute approximate surface area is 168 Å². The summed E-state index contributed by atoms with van der Waals surface area (Å²) in [6.45, 7) is 0. The second kappa shape index (κ2) is 6.81. The molecule has 1 aromatic heterocycles. The van der Waals surface area contributed by atoms with Gasteiger partial charge in [-0.25, -0.2) is 4.98 Å². The first-order chi connectivity index (χ1) is 14.3. The number of aromatic amines is 1. The van der Waals surface area contributed by atoms with Crippen molar-refractivity contribution in [3.05, 3.63) is 84.7 Å². The highest BCUT2D eigenvalue weighted by Gasteiger charge is 2.14. The molecule has 1 N–H and O–H groups in total. The summed E-state index contributed by atoms with van der Waals surface area (Å²) in [4.78, 5) is 7.58. The van der Waals surface area contributed by atoms with Crippen LogP contribution in [0.1, 0.15) is 5.56 Å². The summed E-state index contributed by atoms with van der Waals surface area (Å²) in [6, 6.07) is 26.8. The SMILES string of the molecule is COc1cc(-c2ccc3ccccc3c2-c2ccc3[nH]cnc3c2)ccc1C#N. The third kappa shape index (κ3) is 2.81. The lowest BCUT2D eigenvalue weighted by Crippen LogP contribution is -1.92. The first-order valence-electron chi connectivity index (χ1n) is 9.32. The Morgan fingerprint density at radius 2 is 1.79 bits per heavy atom. The van der Waals surface area contributed by atoms with E-state index < -0.39 is 0 Å². The topological polar surface area (TPSA) is 61.7 Å². The first kappa shape index (κ1) is 17.0. The average Bonchev–Trinajstić information content (AvgIpc) is 3.25. The van der Waals surface area contributed by atoms with Crippen LogP contribution in [-0.4, -0.2) is 17.1 Å². The number of benzene rings is 4. The van der Waals surface area contributed by atoms with Gasteiger partial charge < -0.3 is 9.72 Å². The number of aromatic nitrogens is 2. The third-order valence-corrected chi connectivity index (χ3v) is 5.27. The lowest BCUT2D eigenvalue weighted by Gasteiger charge is -2.15. The van der Waals surface area contributed by atoms with Gasteiger partial charge in [0, 0.05) is 0 Å². The van der Waals surface area contributed by atoms with E-state index in [1.165, 1.54) is 10.8 Å². The van der Waals surface area contributed by atoms with E-state index in [0.29, 0.717) is 11.3 Å². The quantitative estimate of drug-likeness (QED) is 0.425. The molecule has 0 unspecified atom stereocenters. The maximum absolute atomic E-state index is 9.33. The van der Waals surface area contributed by atoms with E-state index in [9.17, 15) is 5.26 Å². The predicted molar refractivity (Wildman–Crippen MR) is 116 cm³/mol. The fourth-order valence-corrected chi connectivity index (χ4v) is 3.86. The van der Waals surface area contributed by atoms with Crippen LogP contribution in [0.25, 0.3) is 44.1 Å². The number of H-pyrrole nitrogens is 1. The van der Waals surface area contributed by atoms with E-state index in [0.717, 1.165) is 33.3 Å². The molecule has 5 aromatic rings. The fraction of sp³-hybridized carbons (Fsp3) is 0.0400. The molecule has 0 amide bonds. The Hall–Kier alpha value is -4.10. The van der Waals surface area contributed by atoms with Gasteiger partial charge in [-0.2, -0.15) is 5.26 Å². The zero-order valence-electron chi connectivity index (χ0n) is 15.8. The minimum Gasteiger partial charge on any atom is -0.495 e. The lowest BCUT2D eigenvalue weighted by atomic mass is 9.89. The molecule has 4 heteroatoms. The Morgan fingerprint density at radius 3 is 2.66 bits per heavy atom. The summed E-state index contributed by atoms with van der Waals surface area (Å²) in [6.07, 6.45) is 1.71. The molecule has 1 heterocycles. The second-order valence-electron chi connectivity index (χ2n) is 6.87. The normalized spacial score (nSPS) is 10.9. The van der Waals surface area contributed by atoms with E-state index in [2.05, 4.69) is 64.6 Å². The van der Waals surface area contributed by atoms with E-state index in [1.54, 1.807) is 13.4 Å². The third-order valence-electron chi connectivity index (χ3n) is 5.27. The van der Waals surface area contributed by atoms with Gasteiger partial charge in [0.05, 0.1) is 30.0 Å². The van der Waals surface area contributed by atoms with Crippen molar-refractivity contribution in [3.8, 4) is 34.1 Å². The fourth-order valence-electron chi connectivity index (χ4n) is 3.86. The van der Waals surface area contributed by atoms with E-state index in [-0.39, 0.29) is 0 Å². The van der Waals surface area contributed by atoms with Gasteiger partial charge in [-0.1, -0.05) is 48.5 Å². The van der Waals surface area contributed by atoms with Crippen molar-refractivity contribution in [2.24, 2.45) is 0 Å². The van der Waals surface area contributed by atoms with Crippen LogP contribution < -0.4 is 4.74 Å². The molecule has 0 fully saturated rings. The van der Waals surface area contributed by atoms with Crippen LogP contribution in [-0.2, 0) is 0 Å². The Kier molecular flexibility index (Phi) is 4.00. The monoisotopic (exact) mass is 375 g/mol. The van der Waals surface area contributed by atoms with Gasteiger partial charge in [-0.15, -0.1) is 0 Å². The number of ether oxygens (including phenoxy) is 1. The number of imidazole rings is 1. The van der Waals surface area contributed by atoms with Crippen LogP contribution in [0.3, 0.4) is 0 Å². The maximum atomic E-state index is 9.33. The highest BCUT2D eigenvalue weighted by Crippen LogP contribution is 2.40. The van der Waals surface area contributed by atoms with Crippen molar-refractivity contribution in [1.29, 1.82) is 5.26 Å². The molecule has 0 aliphatic heterocycles. The van der Waals surface area contributed by atoms with Gasteiger partial charge in [0.2, 0.25) is 0 Å². The number of hydrogen-bond donors (Lipinski definition) is 1. The van der Waals surface area contributed by atoms with Crippen molar-refractivity contribution in [3.63, 3.8) is 0 Å². The zero-order valence-corrected chi connectivity index (χ0v) is 15.8. The van der Waals surface area contributed by atoms with Gasteiger partial charge in [-0.3, -0.25) is 0 Å². The molecule has 0 aliphatic carbocycles. The van der Waals surface area contributed by atoms with E-state index >= 15 is 0 Å². The van der Waals surface area contributed by atoms with Gasteiger partial charge >= 0.3 is 0 Å². The van der Waals surface area contributed by atoms with Crippen molar-refractivity contribution < 1.29 is 4.74 Å². The van der Waals surface area contributed by atoms with Gasteiger partial charge in [0.1, 0.15) is 11.8 Å². The number of fused-ring (bicyclic) bond motifs is 2. The number of rotatable bonds is 3. The predicted octanol–water partition coefficient (Wildman–Crippen LogP) is 5.93.